The van der Waals surface area contributed by atoms with E-state index in [0.717, 1.165) is 23.5 Å². The minimum atomic E-state index is -4.43. The van der Waals surface area contributed by atoms with Gasteiger partial charge in [0.25, 0.3) is 5.91 Å². The summed E-state index contributed by atoms with van der Waals surface area (Å²) in [4.78, 5) is 18.4. The number of carbonyl (C=O) groups is 1. The van der Waals surface area contributed by atoms with Gasteiger partial charge in [-0.3, -0.25) is 14.8 Å². The van der Waals surface area contributed by atoms with E-state index in [0.29, 0.717) is 15.6 Å². The molecule has 2 aromatic heterocycles. The predicted octanol–water partition coefficient (Wildman–Crippen LogP) is 3.98. The standard InChI is InChI=1S/C19H19F3N4O2S/c1-18(2,28)15-17(26(3)16(27)13-7-8-23-25-13)29-14(24-15)10-11-5-4-6-12(9-11)19(20,21)22/h4-9,28H,10H2,1-3H3,(H,23,25). The molecule has 10 heteroatoms. The number of H-pyrrole nitrogens is 1. The van der Waals surface area contributed by atoms with Gasteiger partial charge in [0.1, 0.15) is 22.0 Å². The van der Waals surface area contributed by atoms with E-state index in [-0.39, 0.29) is 23.7 Å². The predicted molar refractivity (Wildman–Crippen MR) is 103 cm³/mol. The van der Waals surface area contributed by atoms with Crippen molar-refractivity contribution < 1.29 is 23.1 Å². The Labute approximate surface area is 169 Å². The van der Waals surface area contributed by atoms with E-state index >= 15 is 0 Å². The topological polar surface area (TPSA) is 82.1 Å². The first kappa shape index (κ1) is 21.0. The number of nitrogens with zero attached hydrogens (tertiary/aromatic N) is 3. The molecular weight excluding hydrogens is 405 g/mol. The molecule has 0 saturated heterocycles. The molecule has 3 aromatic rings. The fourth-order valence-corrected chi connectivity index (χ4v) is 3.95. The van der Waals surface area contributed by atoms with Crippen molar-refractivity contribution in [2.24, 2.45) is 0 Å². The van der Waals surface area contributed by atoms with Crippen LogP contribution in [0.1, 0.15) is 46.2 Å². The van der Waals surface area contributed by atoms with Crippen molar-refractivity contribution >= 4 is 22.2 Å². The Hall–Kier alpha value is -2.72. The minimum absolute atomic E-state index is 0.143. The lowest BCUT2D eigenvalue weighted by Crippen LogP contribution is -2.29. The van der Waals surface area contributed by atoms with Crippen LogP contribution in [0.5, 0.6) is 0 Å². The van der Waals surface area contributed by atoms with Gasteiger partial charge in [0.05, 0.1) is 10.6 Å². The minimum Gasteiger partial charge on any atom is -0.384 e. The molecule has 0 bridgehead atoms. The van der Waals surface area contributed by atoms with Gasteiger partial charge in [-0.05, 0) is 31.5 Å². The number of aliphatic hydroxyl groups is 1. The number of rotatable bonds is 5. The summed E-state index contributed by atoms with van der Waals surface area (Å²) in [7, 11) is 1.54. The summed E-state index contributed by atoms with van der Waals surface area (Å²) in [6, 6.07) is 6.53. The lowest BCUT2D eigenvalue weighted by molar-refractivity contribution is -0.137. The molecule has 6 nitrogen and oxygen atoms in total. The van der Waals surface area contributed by atoms with E-state index in [4.69, 9.17) is 0 Å². The Morgan fingerprint density at radius 1 is 1.28 bits per heavy atom. The normalized spacial score (nSPS) is 12.2. The molecule has 0 aliphatic carbocycles. The second-order valence-corrected chi connectivity index (χ2v) is 8.09. The average Bonchev–Trinajstić information content (AvgIpc) is 3.29. The number of carbonyl (C=O) groups excluding carboxylic acids is 1. The fourth-order valence-electron chi connectivity index (χ4n) is 2.74. The van der Waals surface area contributed by atoms with Crippen molar-refractivity contribution in [3.63, 3.8) is 0 Å². The van der Waals surface area contributed by atoms with Gasteiger partial charge in [0.2, 0.25) is 0 Å². The van der Waals surface area contributed by atoms with Crippen molar-refractivity contribution in [1.82, 2.24) is 15.2 Å². The number of anilines is 1. The number of thiazole rings is 1. The van der Waals surface area contributed by atoms with Crippen LogP contribution in [0.15, 0.2) is 36.5 Å². The van der Waals surface area contributed by atoms with Gasteiger partial charge in [-0.1, -0.05) is 18.2 Å². The molecule has 0 aliphatic rings. The van der Waals surface area contributed by atoms with E-state index in [2.05, 4.69) is 15.2 Å². The highest BCUT2D eigenvalue weighted by Crippen LogP contribution is 2.37. The highest BCUT2D eigenvalue weighted by atomic mass is 32.1. The van der Waals surface area contributed by atoms with Crippen LogP contribution in [0.4, 0.5) is 18.2 Å². The highest BCUT2D eigenvalue weighted by Gasteiger charge is 2.32. The zero-order chi connectivity index (χ0) is 21.4. The summed E-state index contributed by atoms with van der Waals surface area (Å²) in [6.07, 6.45) is -2.84. The Balaban J connectivity index is 1.95. The largest absolute Gasteiger partial charge is 0.416 e. The van der Waals surface area contributed by atoms with Gasteiger partial charge in [-0.2, -0.15) is 18.3 Å². The number of halogens is 3. The molecule has 0 atom stereocenters. The first-order valence-corrected chi connectivity index (χ1v) is 9.44. The zero-order valence-corrected chi connectivity index (χ0v) is 16.7. The van der Waals surface area contributed by atoms with Gasteiger partial charge < -0.3 is 5.11 Å². The summed E-state index contributed by atoms with van der Waals surface area (Å²) in [5, 5.41) is 17.7. The van der Waals surface area contributed by atoms with Gasteiger partial charge in [-0.25, -0.2) is 4.98 Å². The maximum absolute atomic E-state index is 13.0. The molecular formula is C19H19F3N4O2S. The summed E-state index contributed by atoms with van der Waals surface area (Å²) in [5.74, 6) is -0.373. The molecule has 3 rings (SSSR count). The second kappa shape index (κ2) is 7.60. The van der Waals surface area contributed by atoms with Gasteiger partial charge >= 0.3 is 6.18 Å². The molecule has 1 amide bonds. The Bertz CT molecular complexity index is 1010. The van der Waals surface area contributed by atoms with Crippen molar-refractivity contribution in [2.75, 3.05) is 11.9 Å². The van der Waals surface area contributed by atoms with E-state index in [1.807, 2.05) is 0 Å². The number of aromatic amines is 1. The lowest BCUT2D eigenvalue weighted by atomic mass is 10.1. The summed E-state index contributed by atoms with van der Waals surface area (Å²) in [6.45, 7) is 3.07. The van der Waals surface area contributed by atoms with Crippen LogP contribution in [0.25, 0.3) is 0 Å². The lowest BCUT2D eigenvalue weighted by Gasteiger charge is -2.21. The summed E-state index contributed by atoms with van der Waals surface area (Å²) < 4.78 is 38.9. The molecule has 2 N–H and O–H groups in total. The average molecular weight is 424 g/mol. The molecule has 2 heterocycles. The van der Waals surface area contributed by atoms with Crippen LogP contribution in [0.3, 0.4) is 0 Å². The number of amides is 1. The first-order chi connectivity index (χ1) is 13.5. The highest BCUT2D eigenvalue weighted by molar-refractivity contribution is 7.16. The van der Waals surface area contributed by atoms with Crippen LogP contribution < -0.4 is 4.90 Å². The quantitative estimate of drug-likeness (QED) is 0.649. The molecule has 29 heavy (non-hydrogen) atoms. The van der Waals surface area contributed by atoms with Gasteiger partial charge in [-0.15, -0.1) is 11.3 Å². The van der Waals surface area contributed by atoms with E-state index in [9.17, 15) is 23.1 Å². The Morgan fingerprint density at radius 2 is 2.00 bits per heavy atom. The third-order valence-electron chi connectivity index (χ3n) is 4.18. The maximum atomic E-state index is 13.0. The van der Waals surface area contributed by atoms with Crippen molar-refractivity contribution in [3.8, 4) is 0 Å². The van der Waals surface area contributed by atoms with Crippen molar-refractivity contribution in [3.05, 3.63) is 64.1 Å². The van der Waals surface area contributed by atoms with E-state index < -0.39 is 17.3 Å². The number of alkyl halides is 3. The molecule has 1 aromatic carbocycles. The van der Waals surface area contributed by atoms with Gasteiger partial charge in [0.15, 0.2) is 0 Å². The summed E-state index contributed by atoms with van der Waals surface area (Å²) >= 11 is 1.15. The van der Waals surface area contributed by atoms with Crippen LogP contribution >= 0.6 is 11.3 Å². The molecule has 0 spiro atoms. The van der Waals surface area contributed by atoms with Crippen LogP contribution in [-0.2, 0) is 18.2 Å². The van der Waals surface area contributed by atoms with Crippen LogP contribution in [0, 0.1) is 0 Å². The number of benzene rings is 1. The smallest absolute Gasteiger partial charge is 0.384 e. The van der Waals surface area contributed by atoms with Gasteiger partial charge in [0, 0.05) is 19.7 Å². The number of hydrogen-bond acceptors (Lipinski definition) is 5. The second-order valence-electron chi connectivity index (χ2n) is 7.03. The molecule has 0 saturated carbocycles. The fraction of sp³-hybridized carbons (Fsp3) is 0.316. The zero-order valence-electron chi connectivity index (χ0n) is 15.9. The number of aromatic nitrogens is 3. The first-order valence-electron chi connectivity index (χ1n) is 8.63. The molecule has 0 unspecified atom stereocenters. The van der Waals surface area contributed by atoms with Crippen LogP contribution in [-0.4, -0.2) is 33.2 Å². The van der Waals surface area contributed by atoms with E-state index in [1.54, 1.807) is 13.1 Å². The van der Waals surface area contributed by atoms with Crippen molar-refractivity contribution in [1.29, 1.82) is 0 Å². The summed E-state index contributed by atoms with van der Waals surface area (Å²) in [5.41, 5.74) is -1.10. The third kappa shape index (κ3) is 4.65. The third-order valence-corrected chi connectivity index (χ3v) is 5.31. The monoisotopic (exact) mass is 424 g/mol. The molecule has 0 fully saturated rings. The Morgan fingerprint density at radius 3 is 2.59 bits per heavy atom. The Kier molecular flexibility index (Phi) is 5.50. The van der Waals surface area contributed by atoms with E-state index in [1.165, 1.54) is 37.1 Å². The van der Waals surface area contributed by atoms with Crippen molar-refractivity contribution in [2.45, 2.75) is 32.0 Å². The number of nitrogens with one attached hydrogen (secondary N) is 1. The molecule has 154 valence electrons. The molecule has 0 aliphatic heterocycles. The van der Waals surface area contributed by atoms with Crippen LogP contribution in [0.2, 0.25) is 0 Å². The molecule has 0 radical (unpaired) electrons. The maximum Gasteiger partial charge on any atom is 0.416 e. The SMILES string of the molecule is CN(C(=O)c1ccn[nH]1)c1sc(Cc2cccc(C(F)(F)F)c2)nc1C(C)(C)O. The number of hydrogen-bond donors (Lipinski definition) is 2.